The van der Waals surface area contributed by atoms with Crippen molar-refractivity contribution in [3.63, 3.8) is 0 Å². The number of anilines is 2. The monoisotopic (exact) mass is 386 g/mol. The number of halogens is 3. The highest BCUT2D eigenvalue weighted by atomic mass is 19.4. The molecule has 2 amide bonds. The lowest BCUT2D eigenvalue weighted by Gasteiger charge is -2.16. The molecule has 0 saturated heterocycles. The molecule has 28 heavy (non-hydrogen) atoms. The van der Waals surface area contributed by atoms with E-state index in [1.807, 2.05) is 30.3 Å². The van der Waals surface area contributed by atoms with Crippen molar-refractivity contribution >= 4 is 34.0 Å². The van der Waals surface area contributed by atoms with Gasteiger partial charge in [-0.3, -0.25) is 9.59 Å². The van der Waals surface area contributed by atoms with Crippen LogP contribution in [0, 0.1) is 0 Å². The molecule has 3 aromatic rings. The third-order valence-corrected chi connectivity index (χ3v) is 4.15. The van der Waals surface area contributed by atoms with Gasteiger partial charge in [-0.1, -0.05) is 42.5 Å². The molecule has 0 aliphatic rings. The van der Waals surface area contributed by atoms with E-state index in [0.29, 0.717) is 0 Å². The Hall–Kier alpha value is -3.35. The number of benzene rings is 3. The van der Waals surface area contributed by atoms with E-state index in [1.165, 1.54) is 13.0 Å². The maximum atomic E-state index is 13.4. The lowest BCUT2D eigenvalue weighted by atomic mass is 10.0. The fourth-order valence-electron chi connectivity index (χ4n) is 2.98. The van der Waals surface area contributed by atoms with Crippen molar-refractivity contribution in [3.8, 4) is 0 Å². The van der Waals surface area contributed by atoms with Crippen LogP contribution in [0.1, 0.15) is 18.1 Å². The third-order valence-electron chi connectivity index (χ3n) is 4.15. The molecule has 0 aliphatic carbocycles. The number of hydrogen-bond donors (Lipinski definition) is 2. The van der Waals surface area contributed by atoms with E-state index in [1.54, 1.807) is 12.1 Å². The summed E-state index contributed by atoms with van der Waals surface area (Å²) in [6.07, 6.45) is -4.75. The van der Waals surface area contributed by atoms with Gasteiger partial charge >= 0.3 is 6.18 Å². The Labute approximate surface area is 159 Å². The highest BCUT2D eigenvalue weighted by Crippen LogP contribution is 2.36. The van der Waals surface area contributed by atoms with Gasteiger partial charge in [0, 0.05) is 12.6 Å². The summed E-state index contributed by atoms with van der Waals surface area (Å²) in [5.74, 6) is -1.05. The molecular formula is C21H17F3N2O2. The molecule has 3 rings (SSSR count). The minimum absolute atomic E-state index is 0.00637. The van der Waals surface area contributed by atoms with Crippen LogP contribution in [0.5, 0.6) is 0 Å². The van der Waals surface area contributed by atoms with E-state index in [4.69, 9.17) is 0 Å². The normalized spacial score (nSPS) is 11.3. The molecule has 7 heteroatoms. The molecule has 4 nitrogen and oxygen atoms in total. The van der Waals surface area contributed by atoms with Crippen LogP contribution in [0.15, 0.2) is 60.7 Å². The van der Waals surface area contributed by atoms with Crippen molar-refractivity contribution in [2.45, 2.75) is 19.5 Å². The summed E-state index contributed by atoms with van der Waals surface area (Å²) in [6.45, 7) is 1.20. The van der Waals surface area contributed by atoms with Gasteiger partial charge in [-0.15, -0.1) is 0 Å². The Kier molecular flexibility index (Phi) is 5.35. The Morgan fingerprint density at radius 1 is 0.929 bits per heavy atom. The fraction of sp³-hybridized carbons (Fsp3) is 0.143. The maximum Gasteiger partial charge on any atom is 0.418 e. The molecule has 0 spiro atoms. The summed E-state index contributed by atoms with van der Waals surface area (Å²) in [4.78, 5) is 23.5. The summed E-state index contributed by atoms with van der Waals surface area (Å²) in [7, 11) is 0. The smallest absolute Gasteiger partial charge is 0.326 e. The Morgan fingerprint density at radius 2 is 1.64 bits per heavy atom. The lowest BCUT2D eigenvalue weighted by molar-refractivity contribution is -0.137. The van der Waals surface area contributed by atoms with Gasteiger partial charge in [-0.25, -0.2) is 0 Å². The van der Waals surface area contributed by atoms with Gasteiger partial charge in [0.25, 0.3) is 0 Å². The molecule has 0 bridgehead atoms. The summed E-state index contributed by atoms with van der Waals surface area (Å²) < 4.78 is 40.2. The van der Waals surface area contributed by atoms with Crippen molar-refractivity contribution < 1.29 is 22.8 Å². The van der Waals surface area contributed by atoms with Crippen molar-refractivity contribution in [3.05, 3.63) is 71.8 Å². The Morgan fingerprint density at radius 3 is 2.36 bits per heavy atom. The number of hydrogen-bond acceptors (Lipinski definition) is 2. The van der Waals surface area contributed by atoms with Crippen LogP contribution < -0.4 is 10.6 Å². The van der Waals surface area contributed by atoms with E-state index in [-0.39, 0.29) is 17.8 Å². The number of alkyl halides is 3. The minimum Gasteiger partial charge on any atom is -0.326 e. The molecule has 2 N–H and O–H groups in total. The average molecular weight is 386 g/mol. The largest absolute Gasteiger partial charge is 0.418 e. The number of carbonyl (C=O) groups is 2. The Balaban J connectivity index is 1.86. The second-order valence-electron chi connectivity index (χ2n) is 6.30. The average Bonchev–Trinajstić information content (AvgIpc) is 2.62. The van der Waals surface area contributed by atoms with E-state index >= 15 is 0 Å². The summed E-state index contributed by atoms with van der Waals surface area (Å²) in [5.41, 5.74) is -0.650. The van der Waals surface area contributed by atoms with Gasteiger partial charge in [0.2, 0.25) is 11.8 Å². The van der Waals surface area contributed by atoms with Crippen LogP contribution in [-0.4, -0.2) is 11.8 Å². The van der Waals surface area contributed by atoms with Crippen LogP contribution in [0.3, 0.4) is 0 Å². The molecule has 144 valence electrons. The number of nitrogens with one attached hydrogen (secondary N) is 2. The molecule has 0 aromatic heterocycles. The molecule has 0 radical (unpaired) electrons. The van der Waals surface area contributed by atoms with E-state index in [9.17, 15) is 22.8 Å². The van der Waals surface area contributed by atoms with Crippen molar-refractivity contribution in [2.75, 3.05) is 10.6 Å². The van der Waals surface area contributed by atoms with Gasteiger partial charge in [0.1, 0.15) is 0 Å². The molecule has 0 unspecified atom stereocenters. The fourth-order valence-corrected chi connectivity index (χ4v) is 2.98. The van der Waals surface area contributed by atoms with Crippen LogP contribution in [0.4, 0.5) is 24.5 Å². The molecule has 0 saturated carbocycles. The quantitative estimate of drug-likeness (QED) is 0.663. The first kappa shape index (κ1) is 19.4. The zero-order valence-electron chi connectivity index (χ0n) is 14.9. The van der Waals surface area contributed by atoms with Gasteiger partial charge in [0.05, 0.1) is 17.7 Å². The van der Waals surface area contributed by atoms with Crippen molar-refractivity contribution in [2.24, 2.45) is 0 Å². The highest BCUT2D eigenvalue weighted by Gasteiger charge is 2.34. The topological polar surface area (TPSA) is 58.2 Å². The molecule has 0 heterocycles. The predicted molar refractivity (Wildman–Crippen MR) is 102 cm³/mol. The summed E-state index contributed by atoms with van der Waals surface area (Å²) >= 11 is 0. The minimum atomic E-state index is -4.68. The van der Waals surface area contributed by atoms with Crippen LogP contribution in [0.25, 0.3) is 10.8 Å². The standard InChI is InChI=1S/C21H17F3N2O2/c1-13(27)25-16-9-10-19(18(12-16)21(22,23)24)26-20(28)11-15-7-4-6-14-5-2-3-8-17(14)15/h2-10,12H,11H2,1H3,(H,25,27)(H,26,28). The highest BCUT2D eigenvalue weighted by molar-refractivity contribution is 5.97. The zero-order valence-corrected chi connectivity index (χ0v) is 14.9. The zero-order chi connectivity index (χ0) is 20.3. The van der Waals surface area contributed by atoms with Gasteiger partial charge in [-0.05, 0) is 34.5 Å². The van der Waals surface area contributed by atoms with Gasteiger partial charge < -0.3 is 10.6 Å². The second kappa shape index (κ2) is 7.72. The molecule has 3 aromatic carbocycles. The Bertz CT molecular complexity index is 1040. The second-order valence-corrected chi connectivity index (χ2v) is 6.30. The van der Waals surface area contributed by atoms with Crippen molar-refractivity contribution in [1.29, 1.82) is 0 Å². The molecule has 0 atom stereocenters. The number of carbonyl (C=O) groups excluding carboxylic acids is 2. The first-order chi connectivity index (χ1) is 13.2. The van der Waals surface area contributed by atoms with Crippen LogP contribution in [0.2, 0.25) is 0 Å². The van der Waals surface area contributed by atoms with E-state index in [2.05, 4.69) is 10.6 Å². The van der Waals surface area contributed by atoms with Gasteiger partial charge in [-0.2, -0.15) is 13.2 Å². The predicted octanol–water partition coefficient (Wildman–Crippen LogP) is 5.00. The molecular weight excluding hydrogens is 369 g/mol. The maximum absolute atomic E-state index is 13.4. The van der Waals surface area contributed by atoms with Crippen molar-refractivity contribution in [1.82, 2.24) is 0 Å². The first-order valence-corrected chi connectivity index (χ1v) is 8.49. The molecule has 0 aliphatic heterocycles. The summed E-state index contributed by atoms with van der Waals surface area (Å²) in [5, 5.41) is 6.47. The number of rotatable bonds is 4. The van der Waals surface area contributed by atoms with Gasteiger partial charge in [0.15, 0.2) is 0 Å². The first-order valence-electron chi connectivity index (χ1n) is 8.49. The van der Waals surface area contributed by atoms with Crippen LogP contribution in [-0.2, 0) is 22.2 Å². The van der Waals surface area contributed by atoms with E-state index in [0.717, 1.165) is 28.5 Å². The number of amides is 2. The third kappa shape index (κ3) is 4.49. The summed E-state index contributed by atoms with van der Waals surface area (Å²) in [6, 6.07) is 16.2. The van der Waals surface area contributed by atoms with Crippen LogP contribution >= 0.6 is 0 Å². The SMILES string of the molecule is CC(=O)Nc1ccc(NC(=O)Cc2cccc3ccccc23)c(C(F)(F)F)c1. The molecule has 0 fully saturated rings. The number of fused-ring (bicyclic) bond motifs is 1. The lowest BCUT2D eigenvalue weighted by Crippen LogP contribution is -2.19. The van der Waals surface area contributed by atoms with E-state index < -0.39 is 23.6 Å².